The molecule has 23 heavy (non-hydrogen) atoms. The number of aryl methyl sites for hydroxylation is 1. The Hall–Kier alpha value is -3.08. The summed E-state index contributed by atoms with van der Waals surface area (Å²) in [6.07, 6.45) is 2.39. The van der Waals surface area contributed by atoms with Gasteiger partial charge >= 0.3 is 0 Å². The van der Waals surface area contributed by atoms with E-state index in [9.17, 15) is 5.26 Å². The lowest BCUT2D eigenvalue weighted by Crippen LogP contribution is -2.19. The zero-order chi connectivity index (χ0) is 15.8. The molecule has 4 rings (SSSR count). The van der Waals surface area contributed by atoms with Gasteiger partial charge in [-0.3, -0.25) is 0 Å². The van der Waals surface area contributed by atoms with Crippen molar-refractivity contribution in [2.45, 2.75) is 19.3 Å². The minimum Gasteiger partial charge on any atom is -0.459 e. The van der Waals surface area contributed by atoms with Gasteiger partial charge in [-0.05, 0) is 25.5 Å². The Labute approximate surface area is 131 Å². The van der Waals surface area contributed by atoms with Crippen molar-refractivity contribution >= 4 is 5.88 Å². The molecule has 1 atom stereocenters. The Morgan fingerprint density at radius 3 is 3.00 bits per heavy atom. The number of hydrogen-bond acceptors (Lipinski definition) is 8. The normalized spacial score (nSPS) is 17.6. The molecule has 3 aromatic heterocycles. The maximum atomic E-state index is 9.31. The van der Waals surface area contributed by atoms with Crippen LogP contribution in [-0.4, -0.2) is 28.2 Å². The van der Waals surface area contributed by atoms with Crippen LogP contribution in [0.3, 0.4) is 0 Å². The molecule has 0 bridgehead atoms. The van der Waals surface area contributed by atoms with Crippen molar-refractivity contribution in [1.29, 1.82) is 5.26 Å². The lowest BCUT2D eigenvalue weighted by atomic mass is 10.1. The van der Waals surface area contributed by atoms with Crippen LogP contribution in [0.25, 0.3) is 11.7 Å². The maximum absolute atomic E-state index is 9.31. The van der Waals surface area contributed by atoms with Crippen LogP contribution in [0.4, 0.5) is 5.88 Å². The zero-order valence-corrected chi connectivity index (χ0v) is 12.4. The molecule has 1 fully saturated rings. The molecule has 0 N–H and O–H groups in total. The second-order valence-corrected chi connectivity index (χ2v) is 5.37. The number of nitrogens with zero attached hydrogens (tertiary/aromatic N) is 5. The summed E-state index contributed by atoms with van der Waals surface area (Å²) < 4.78 is 16.3. The fourth-order valence-electron chi connectivity index (χ4n) is 2.73. The van der Waals surface area contributed by atoms with Gasteiger partial charge in [0.15, 0.2) is 11.6 Å². The summed E-state index contributed by atoms with van der Waals surface area (Å²) in [7, 11) is 0. The third-order valence-electron chi connectivity index (χ3n) is 3.82. The van der Waals surface area contributed by atoms with Crippen LogP contribution < -0.4 is 4.90 Å². The maximum Gasteiger partial charge on any atom is 0.266 e. The van der Waals surface area contributed by atoms with Gasteiger partial charge in [-0.2, -0.15) is 15.2 Å². The van der Waals surface area contributed by atoms with Crippen LogP contribution in [0, 0.1) is 18.3 Å². The summed E-state index contributed by atoms with van der Waals surface area (Å²) in [4.78, 5) is 10.5. The van der Waals surface area contributed by atoms with E-state index in [1.807, 2.05) is 4.90 Å². The van der Waals surface area contributed by atoms with Gasteiger partial charge < -0.3 is 18.3 Å². The van der Waals surface area contributed by atoms with Crippen molar-refractivity contribution in [3.63, 3.8) is 0 Å². The minimum absolute atomic E-state index is 0.125. The zero-order valence-electron chi connectivity index (χ0n) is 12.4. The van der Waals surface area contributed by atoms with Crippen molar-refractivity contribution in [2.24, 2.45) is 0 Å². The highest BCUT2D eigenvalue weighted by Crippen LogP contribution is 2.34. The van der Waals surface area contributed by atoms with Gasteiger partial charge in [0.2, 0.25) is 17.5 Å². The second kappa shape index (κ2) is 5.28. The highest BCUT2D eigenvalue weighted by atomic mass is 16.5. The molecular weight excluding hydrogens is 298 g/mol. The number of hydrogen-bond donors (Lipinski definition) is 0. The smallest absolute Gasteiger partial charge is 0.266 e. The Balaban J connectivity index is 1.60. The number of oxazole rings is 1. The number of anilines is 1. The first-order valence-electron chi connectivity index (χ1n) is 7.24. The Morgan fingerprint density at radius 1 is 1.39 bits per heavy atom. The Morgan fingerprint density at radius 2 is 2.30 bits per heavy atom. The quantitative estimate of drug-likeness (QED) is 0.726. The fourth-order valence-corrected chi connectivity index (χ4v) is 2.73. The van der Waals surface area contributed by atoms with Gasteiger partial charge in [0, 0.05) is 13.1 Å². The molecule has 0 radical (unpaired) electrons. The third-order valence-corrected chi connectivity index (χ3v) is 3.82. The van der Waals surface area contributed by atoms with Gasteiger partial charge in [-0.1, -0.05) is 5.16 Å². The van der Waals surface area contributed by atoms with Gasteiger partial charge in [0.25, 0.3) is 5.89 Å². The first-order chi connectivity index (χ1) is 11.2. The average Bonchev–Trinajstić information content (AvgIpc) is 3.31. The molecule has 1 aliphatic rings. The molecule has 116 valence electrons. The molecule has 0 spiro atoms. The molecular formula is C15H13N5O3. The SMILES string of the molecule is Cc1noc(C2CCN(c3oc(-c4ccco4)nc3C#N)C2)n1. The van der Waals surface area contributed by atoms with Crippen LogP contribution >= 0.6 is 0 Å². The van der Waals surface area contributed by atoms with Crippen LogP contribution in [0.1, 0.15) is 29.7 Å². The summed E-state index contributed by atoms with van der Waals surface area (Å²) in [6, 6.07) is 5.56. The molecule has 0 amide bonds. The van der Waals surface area contributed by atoms with E-state index in [1.54, 1.807) is 19.1 Å². The van der Waals surface area contributed by atoms with Gasteiger partial charge in [-0.25, -0.2) is 0 Å². The van der Waals surface area contributed by atoms with E-state index < -0.39 is 0 Å². The molecule has 1 saturated heterocycles. The van der Waals surface area contributed by atoms with Gasteiger partial charge in [-0.15, -0.1) is 0 Å². The molecule has 8 heteroatoms. The molecule has 0 aliphatic carbocycles. The molecule has 8 nitrogen and oxygen atoms in total. The predicted molar refractivity (Wildman–Crippen MR) is 77.5 cm³/mol. The number of nitriles is 1. The largest absolute Gasteiger partial charge is 0.459 e. The molecule has 0 saturated carbocycles. The lowest BCUT2D eigenvalue weighted by molar-refractivity contribution is 0.356. The van der Waals surface area contributed by atoms with E-state index in [0.717, 1.165) is 13.0 Å². The molecule has 1 aliphatic heterocycles. The lowest BCUT2D eigenvalue weighted by Gasteiger charge is -2.13. The number of furan rings is 1. The van der Waals surface area contributed by atoms with E-state index in [4.69, 9.17) is 13.4 Å². The van der Waals surface area contributed by atoms with E-state index >= 15 is 0 Å². The van der Waals surface area contributed by atoms with Crippen molar-refractivity contribution in [2.75, 3.05) is 18.0 Å². The summed E-state index contributed by atoms with van der Waals surface area (Å²) in [5, 5.41) is 13.1. The summed E-state index contributed by atoms with van der Waals surface area (Å²) in [5.74, 6) is 2.62. The van der Waals surface area contributed by atoms with Crippen molar-refractivity contribution in [1.82, 2.24) is 15.1 Å². The number of rotatable bonds is 3. The number of aromatic nitrogens is 3. The van der Waals surface area contributed by atoms with E-state index in [2.05, 4.69) is 21.2 Å². The minimum atomic E-state index is 0.125. The molecule has 4 heterocycles. The predicted octanol–water partition coefficient (Wildman–Crippen LogP) is 2.49. The Kier molecular flexibility index (Phi) is 3.12. The third kappa shape index (κ3) is 2.36. The highest BCUT2D eigenvalue weighted by molar-refractivity contribution is 5.56. The van der Waals surface area contributed by atoms with Crippen LogP contribution in [0.5, 0.6) is 0 Å². The first kappa shape index (κ1) is 13.6. The standard InChI is InChI=1S/C15H13N5O3/c1-9-17-13(23-19-9)10-4-5-20(8-10)15-11(7-16)18-14(22-15)12-3-2-6-21-12/h2-3,6,10H,4-5,8H2,1H3. The van der Waals surface area contributed by atoms with E-state index in [-0.39, 0.29) is 11.6 Å². The van der Waals surface area contributed by atoms with Crippen LogP contribution in [0.15, 0.2) is 31.8 Å². The average molecular weight is 311 g/mol. The van der Waals surface area contributed by atoms with Crippen LogP contribution in [0.2, 0.25) is 0 Å². The topological polar surface area (TPSA) is 105 Å². The van der Waals surface area contributed by atoms with Crippen molar-refractivity contribution in [3.8, 4) is 17.7 Å². The molecule has 0 aromatic carbocycles. The molecule has 3 aromatic rings. The monoisotopic (exact) mass is 311 g/mol. The molecule has 1 unspecified atom stereocenters. The van der Waals surface area contributed by atoms with Crippen LogP contribution in [-0.2, 0) is 0 Å². The van der Waals surface area contributed by atoms with Gasteiger partial charge in [0.1, 0.15) is 6.07 Å². The van der Waals surface area contributed by atoms with E-state index in [1.165, 1.54) is 6.26 Å². The van der Waals surface area contributed by atoms with Crippen molar-refractivity contribution in [3.05, 3.63) is 35.8 Å². The summed E-state index contributed by atoms with van der Waals surface area (Å²) in [5.41, 5.74) is 0.249. The first-order valence-corrected chi connectivity index (χ1v) is 7.24. The fraction of sp³-hybridized carbons (Fsp3) is 0.333. The Bertz CT molecular complexity index is 858. The van der Waals surface area contributed by atoms with E-state index in [0.29, 0.717) is 35.8 Å². The van der Waals surface area contributed by atoms with Gasteiger partial charge in [0.05, 0.1) is 12.2 Å². The van der Waals surface area contributed by atoms with Crippen molar-refractivity contribution < 1.29 is 13.4 Å². The second-order valence-electron chi connectivity index (χ2n) is 5.37. The highest BCUT2D eigenvalue weighted by Gasteiger charge is 2.32. The summed E-state index contributed by atoms with van der Waals surface area (Å²) in [6.45, 7) is 3.16. The summed E-state index contributed by atoms with van der Waals surface area (Å²) >= 11 is 0.